The Balaban J connectivity index is 1.45. The summed E-state index contributed by atoms with van der Waals surface area (Å²) < 4.78 is 4.93. The van der Waals surface area contributed by atoms with Crippen molar-refractivity contribution in [1.29, 1.82) is 0 Å². The van der Waals surface area contributed by atoms with Gasteiger partial charge in [0.15, 0.2) is 0 Å². The van der Waals surface area contributed by atoms with E-state index < -0.39 is 12.0 Å². The Morgan fingerprint density at radius 2 is 1.63 bits per heavy atom. The molecule has 3 aromatic rings. The van der Waals surface area contributed by atoms with E-state index in [0.29, 0.717) is 23.2 Å². The number of hydrogen-bond acceptors (Lipinski definition) is 4. The number of esters is 1. The van der Waals surface area contributed by atoms with Crippen molar-refractivity contribution in [1.82, 2.24) is 4.90 Å². The largest absolute Gasteiger partial charge is 0.467 e. The van der Waals surface area contributed by atoms with Crippen molar-refractivity contribution in [3.63, 3.8) is 0 Å². The fraction of sp³-hybridized carbons (Fsp3) is 0.344. The van der Waals surface area contributed by atoms with E-state index in [1.807, 2.05) is 80.6 Å². The highest BCUT2D eigenvalue weighted by Crippen LogP contribution is 2.38. The van der Waals surface area contributed by atoms with Gasteiger partial charge in [-0.3, -0.25) is 9.59 Å². The van der Waals surface area contributed by atoms with E-state index in [9.17, 15) is 14.4 Å². The molecule has 6 heteroatoms. The van der Waals surface area contributed by atoms with Crippen LogP contribution in [0.15, 0.2) is 66.7 Å². The molecule has 1 aliphatic rings. The van der Waals surface area contributed by atoms with E-state index in [1.165, 1.54) is 25.5 Å². The van der Waals surface area contributed by atoms with Gasteiger partial charge in [-0.25, -0.2) is 4.79 Å². The zero-order valence-corrected chi connectivity index (χ0v) is 22.6. The Labute approximate surface area is 225 Å². The number of amides is 2. The van der Waals surface area contributed by atoms with Crippen LogP contribution in [0.1, 0.15) is 84.3 Å². The van der Waals surface area contributed by atoms with E-state index in [2.05, 4.69) is 12.2 Å². The summed E-state index contributed by atoms with van der Waals surface area (Å²) in [4.78, 5) is 39.9. The number of fused-ring (bicyclic) bond motifs is 1. The lowest BCUT2D eigenvalue weighted by Gasteiger charge is -2.29. The van der Waals surface area contributed by atoms with Gasteiger partial charge in [0.1, 0.15) is 6.04 Å². The molecule has 0 spiro atoms. The van der Waals surface area contributed by atoms with Gasteiger partial charge in [0, 0.05) is 16.8 Å². The topological polar surface area (TPSA) is 75.7 Å². The molecule has 6 nitrogen and oxygen atoms in total. The molecule has 1 aliphatic heterocycles. The number of ether oxygens (including phenoxy) is 1. The van der Waals surface area contributed by atoms with Crippen LogP contribution < -0.4 is 5.32 Å². The van der Waals surface area contributed by atoms with Gasteiger partial charge in [0.25, 0.3) is 11.8 Å². The first-order chi connectivity index (χ1) is 18.4. The molecule has 3 aromatic carbocycles. The molecule has 1 N–H and O–H groups in total. The average molecular weight is 513 g/mol. The summed E-state index contributed by atoms with van der Waals surface area (Å²) in [6.45, 7) is 6.00. The number of nitrogens with one attached hydrogen (secondary N) is 1. The molecule has 198 valence electrons. The van der Waals surface area contributed by atoms with Crippen molar-refractivity contribution >= 4 is 23.5 Å². The first-order valence-corrected chi connectivity index (χ1v) is 13.4. The summed E-state index contributed by atoms with van der Waals surface area (Å²) in [5, 5.41) is 2.96. The maximum atomic E-state index is 13.3. The number of rotatable bonds is 10. The fourth-order valence-corrected chi connectivity index (χ4v) is 5.13. The third-order valence-corrected chi connectivity index (χ3v) is 7.34. The summed E-state index contributed by atoms with van der Waals surface area (Å²) in [6.07, 6.45) is 5.09. The van der Waals surface area contributed by atoms with Crippen LogP contribution in [-0.4, -0.2) is 35.8 Å². The molecule has 0 aromatic heterocycles. The Morgan fingerprint density at radius 1 is 0.947 bits per heavy atom. The lowest BCUT2D eigenvalue weighted by molar-refractivity contribution is -0.146. The van der Waals surface area contributed by atoms with E-state index in [0.717, 1.165) is 29.5 Å². The predicted molar refractivity (Wildman–Crippen MR) is 150 cm³/mol. The number of nitrogens with zero attached hydrogens (tertiary/aromatic N) is 1. The van der Waals surface area contributed by atoms with Crippen LogP contribution in [0.5, 0.6) is 0 Å². The van der Waals surface area contributed by atoms with Crippen LogP contribution in [-0.2, 0) is 16.0 Å². The second kappa shape index (κ2) is 12.1. The minimum absolute atomic E-state index is 0.147. The molecule has 0 saturated heterocycles. The van der Waals surface area contributed by atoms with Gasteiger partial charge in [-0.1, -0.05) is 63.1 Å². The SMILES string of the molecule is CCCCCc1ccc(C(=O)Nc2ccc(-c3ccc4c(c3)C(=O)N([C@@H](CC)C(=O)OC)[C@H]4C)cc2)cc1. The van der Waals surface area contributed by atoms with E-state index >= 15 is 0 Å². The number of carbonyl (C=O) groups excluding carboxylic acids is 3. The van der Waals surface area contributed by atoms with Crippen molar-refractivity contribution in [3.05, 3.63) is 89.0 Å². The maximum absolute atomic E-state index is 13.3. The van der Waals surface area contributed by atoms with E-state index in [4.69, 9.17) is 4.74 Å². The smallest absolute Gasteiger partial charge is 0.328 e. The minimum Gasteiger partial charge on any atom is -0.467 e. The number of benzene rings is 3. The summed E-state index contributed by atoms with van der Waals surface area (Å²) >= 11 is 0. The number of anilines is 1. The van der Waals surface area contributed by atoms with Gasteiger partial charge in [-0.05, 0) is 78.8 Å². The van der Waals surface area contributed by atoms with Crippen LogP contribution in [0.3, 0.4) is 0 Å². The standard InChI is InChI=1S/C32H36N2O4/c1-5-7-8-9-22-10-12-24(13-11-22)30(35)33-26-17-14-23(15-18-26)25-16-19-27-21(3)34(31(36)28(27)20-25)29(6-2)32(37)38-4/h10-21,29H,5-9H2,1-4H3,(H,33,35)/t21-,29-/m0/s1. The van der Waals surface area contributed by atoms with Crippen LogP contribution in [0.25, 0.3) is 11.1 Å². The van der Waals surface area contributed by atoms with Crippen LogP contribution >= 0.6 is 0 Å². The quantitative estimate of drug-likeness (QED) is 0.239. The Hall–Kier alpha value is -3.93. The number of carbonyl (C=O) groups is 3. The Bertz CT molecular complexity index is 1300. The molecule has 0 unspecified atom stereocenters. The van der Waals surface area contributed by atoms with Crippen LogP contribution in [0, 0.1) is 0 Å². The average Bonchev–Trinajstić information content (AvgIpc) is 3.19. The summed E-state index contributed by atoms with van der Waals surface area (Å²) in [7, 11) is 1.35. The van der Waals surface area contributed by atoms with Crippen molar-refractivity contribution in [3.8, 4) is 11.1 Å². The molecule has 0 fully saturated rings. The first-order valence-electron chi connectivity index (χ1n) is 13.4. The number of hydrogen-bond donors (Lipinski definition) is 1. The van der Waals surface area contributed by atoms with Gasteiger partial charge in [-0.15, -0.1) is 0 Å². The monoisotopic (exact) mass is 512 g/mol. The molecule has 0 radical (unpaired) electrons. The van der Waals surface area contributed by atoms with E-state index in [1.54, 1.807) is 4.90 Å². The third kappa shape index (κ3) is 5.64. The molecule has 0 bridgehead atoms. The summed E-state index contributed by atoms with van der Waals surface area (Å²) in [5.74, 6) is -0.709. The second-order valence-corrected chi connectivity index (χ2v) is 9.82. The van der Waals surface area contributed by atoms with Crippen molar-refractivity contribution in [2.75, 3.05) is 12.4 Å². The molecular formula is C32H36N2O4. The van der Waals surface area contributed by atoms with Gasteiger partial charge in [-0.2, -0.15) is 0 Å². The zero-order chi connectivity index (χ0) is 27.2. The van der Waals surface area contributed by atoms with Crippen molar-refractivity contribution < 1.29 is 19.1 Å². The molecule has 1 heterocycles. The highest BCUT2D eigenvalue weighted by atomic mass is 16.5. The second-order valence-electron chi connectivity index (χ2n) is 9.82. The van der Waals surface area contributed by atoms with Crippen LogP contribution in [0.4, 0.5) is 5.69 Å². The number of unbranched alkanes of at least 4 members (excludes halogenated alkanes) is 2. The van der Waals surface area contributed by atoms with E-state index in [-0.39, 0.29) is 17.9 Å². The van der Waals surface area contributed by atoms with Gasteiger partial charge < -0.3 is 15.0 Å². The zero-order valence-electron chi connectivity index (χ0n) is 22.6. The lowest BCUT2D eigenvalue weighted by atomic mass is 9.98. The number of aryl methyl sites for hydroxylation is 1. The highest BCUT2D eigenvalue weighted by molar-refractivity contribution is 6.04. The summed E-state index contributed by atoms with van der Waals surface area (Å²) in [5.41, 5.74) is 5.91. The molecule has 2 atom stereocenters. The lowest BCUT2D eigenvalue weighted by Crippen LogP contribution is -2.43. The molecule has 0 aliphatic carbocycles. The van der Waals surface area contributed by atoms with Crippen LogP contribution in [0.2, 0.25) is 0 Å². The summed E-state index contributed by atoms with van der Waals surface area (Å²) in [6, 6.07) is 20.4. The van der Waals surface area contributed by atoms with Gasteiger partial charge in [0.05, 0.1) is 13.2 Å². The van der Waals surface area contributed by atoms with Gasteiger partial charge in [0.2, 0.25) is 0 Å². The molecular weight excluding hydrogens is 476 g/mol. The van der Waals surface area contributed by atoms with Gasteiger partial charge >= 0.3 is 5.97 Å². The molecule has 2 amide bonds. The normalized spacial score (nSPS) is 15.2. The fourth-order valence-electron chi connectivity index (χ4n) is 5.13. The highest BCUT2D eigenvalue weighted by Gasteiger charge is 2.41. The molecule has 38 heavy (non-hydrogen) atoms. The third-order valence-electron chi connectivity index (χ3n) is 7.34. The van der Waals surface area contributed by atoms with Crippen molar-refractivity contribution in [2.24, 2.45) is 0 Å². The number of methoxy groups -OCH3 is 1. The minimum atomic E-state index is -0.612. The van der Waals surface area contributed by atoms with Crippen molar-refractivity contribution in [2.45, 2.75) is 65.0 Å². The predicted octanol–water partition coefficient (Wildman–Crippen LogP) is 6.81. The molecule has 4 rings (SSSR count). The maximum Gasteiger partial charge on any atom is 0.328 e. The Kier molecular flexibility index (Phi) is 8.62. The Morgan fingerprint density at radius 3 is 2.26 bits per heavy atom. The first kappa shape index (κ1) is 27.1. The molecule has 0 saturated carbocycles.